The van der Waals surface area contributed by atoms with Gasteiger partial charge in [0.15, 0.2) is 12.2 Å². The number of hydrogen-bond acceptors (Lipinski definition) is 15. The highest BCUT2D eigenvalue weighted by Crippen LogP contribution is 2.45. The molecule has 0 rings (SSSR count). The molecule has 0 heterocycles. The van der Waals surface area contributed by atoms with Gasteiger partial charge < -0.3 is 33.8 Å². The summed E-state index contributed by atoms with van der Waals surface area (Å²) in [5.41, 5.74) is 0. The van der Waals surface area contributed by atoms with Crippen molar-refractivity contribution in [1.82, 2.24) is 0 Å². The molecule has 0 aliphatic carbocycles. The fourth-order valence-corrected chi connectivity index (χ4v) is 10.8. The van der Waals surface area contributed by atoms with Gasteiger partial charge in [-0.3, -0.25) is 37.3 Å². The first-order chi connectivity index (χ1) is 45.7. The molecule has 0 aromatic carbocycles. The molecule has 0 saturated carbocycles. The van der Waals surface area contributed by atoms with Gasteiger partial charge in [0.25, 0.3) is 0 Å². The van der Waals surface area contributed by atoms with Crippen molar-refractivity contribution in [2.45, 2.75) is 303 Å². The van der Waals surface area contributed by atoms with Crippen LogP contribution in [0, 0.1) is 0 Å². The molecule has 0 aromatic rings. The molecule has 0 fully saturated rings. The van der Waals surface area contributed by atoms with E-state index in [4.69, 9.17) is 37.0 Å². The van der Waals surface area contributed by atoms with Gasteiger partial charge in [-0.25, -0.2) is 9.13 Å². The number of phosphoric acid groups is 2. The van der Waals surface area contributed by atoms with Gasteiger partial charge in [0, 0.05) is 25.7 Å². The first kappa shape index (κ1) is 89.7. The quantitative estimate of drug-likeness (QED) is 0.0169. The summed E-state index contributed by atoms with van der Waals surface area (Å²) in [6.07, 6.45) is 69.6. The van der Waals surface area contributed by atoms with E-state index >= 15 is 0 Å². The van der Waals surface area contributed by atoms with Gasteiger partial charge in [-0.15, -0.1) is 0 Å². The molecule has 0 aliphatic rings. The van der Waals surface area contributed by atoms with Crippen molar-refractivity contribution < 1.29 is 80.2 Å². The van der Waals surface area contributed by atoms with Crippen molar-refractivity contribution in [2.75, 3.05) is 39.6 Å². The zero-order chi connectivity index (χ0) is 69.0. The molecule has 0 aliphatic heterocycles. The smallest absolute Gasteiger partial charge is 0.462 e. The maximum absolute atomic E-state index is 13.0. The van der Waals surface area contributed by atoms with Crippen LogP contribution in [0.3, 0.4) is 0 Å². The fourth-order valence-electron chi connectivity index (χ4n) is 9.24. The number of unbranched alkanes of at least 4 members (excludes halogenated alkanes) is 23. The van der Waals surface area contributed by atoms with Crippen LogP contribution in [0.4, 0.5) is 0 Å². The normalized spacial score (nSPS) is 14.7. The van der Waals surface area contributed by atoms with Crippen LogP contribution < -0.4 is 0 Å². The molecule has 94 heavy (non-hydrogen) atoms. The predicted molar refractivity (Wildman–Crippen MR) is 381 cm³/mol. The Labute approximate surface area is 569 Å². The van der Waals surface area contributed by atoms with Gasteiger partial charge in [-0.05, 0) is 122 Å². The van der Waals surface area contributed by atoms with Gasteiger partial charge >= 0.3 is 39.5 Å². The molecule has 0 aromatic heterocycles. The Hall–Kier alpha value is -4.28. The largest absolute Gasteiger partial charge is 0.472 e. The summed E-state index contributed by atoms with van der Waals surface area (Å²) < 4.78 is 68.2. The molecule has 5 atom stereocenters. The van der Waals surface area contributed by atoms with Gasteiger partial charge in [0.1, 0.15) is 19.3 Å². The summed E-state index contributed by atoms with van der Waals surface area (Å²) in [6.45, 7) is 4.50. The number of carbonyl (C=O) groups is 4. The Morgan fingerprint density at radius 2 is 0.564 bits per heavy atom. The lowest BCUT2D eigenvalue weighted by molar-refractivity contribution is -0.161. The Morgan fingerprint density at radius 1 is 0.309 bits per heavy atom. The third-order valence-electron chi connectivity index (χ3n) is 14.7. The number of phosphoric ester groups is 2. The first-order valence-electron chi connectivity index (χ1n) is 36.1. The second-order valence-electron chi connectivity index (χ2n) is 23.8. The van der Waals surface area contributed by atoms with Crippen molar-refractivity contribution in [3.63, 3.8) is 0 Å². The second kappa shape index (κ2) is 67.3. The van der Waals surface area contributed by atoms with E-state index in [2.05, 4.69) is 137 Å². The topological polar surface area (TPSA) is 237 Å². The van der Waals surface area contributed by atoms with Crippen LogP contribution >= 0.6 is 15.6 Å². The molecule has 3 N–H and O–H groups in total. The van der Waals surface area contributed by atoms with Gasteiger partial charge in [0.2, 0.25) is 0 Å². The van der Waals surface area contributed by atoms with E-state index in [0.29, 0.717) is 25.7 Å². The van der Waals surface area contributed by atoms with E-state index in [-0.39, 0.29) is 25.7 Å². The summed E-state index contributed by atoms with van der Waals surface area (Å²) in [5, 5.41) is 10.6. The maximum atomic E-state index is 13.0. The monoisotopic (exact) mass is 1360 g/mol. The number of esters is 4. The van der Waals surface area contributed by atoms with Crippen molar-refractivity contribution in [1.29, 1.82) is 0 Å². The molecule has 0 radical (unpaired) electrons. The Balaban J connectivity index is 5.35. The Bertz CT molecular complexity index is 2220. The van der Waals surface area contributed by atoms with Crippen LogP contribution in [0.5, 0.6) is 0 Å². The van der Waals surface area contributed by atoms with Crippen LogP contribution in [0.25, 0.3) is 0 Å². The van der Waals surface area contributed by atoms with Crippen LogP contribution in [-0.4, -0.2) is 96.7 Å². The predicted octanol–water partition coefficient (Wildman–Crippen LogP) is 20.2. The number of ether oxygens (including phenoxy) is 4. The van der Waals surface area contributed by atoms with Gasteiger partial charge in [-0.2, -0.15) is 0 Å². The van der Waals surface area contributed by atoms with Crippen molar-refractivity contribution in [3.8, 4) is 0 Å². The minimum absolute atomic E-state index is 0.0740. The van der Waals surface area contributed by atoms with E-state index in [1.54, 1.807) is 0 Å². The van der Waals surface area contributed by atoms with Crippen LogP contribution in [0.1, 0.15) is 285 Å². The van der Waals surface area contributed by atoms with E-state index in [1.165, 1.54) is 51.4 Å². The molecule has 5 unspecified atom stereocenters. The van der Waals surface area contributed by atoms with Gasteiger partial charge in [-0.1, -0.05) is 246 Å². The lowest BCUT2D eigenvalue weighted by Crippen LogP contribution is -2.30. The van der Waals surface area contributed by atoms with E-state index < -0.39 is 97.5 Å². The number of carbonyl (C=O) groups excluding carboxylic acids is 4. The summed E-state index contributed by atoms with van der Waals surface area (Å²) in [6, 6.07) is 0. The molecule has 0 spiro atoms. The lowest BCUT2D eigenvalue weighted by atomic mass is 10.1. The minimum Gasteiger partial charge on any atom is -0.462 e. The standard InChI is InChI=1S/C75H128O17P2/c1-5-9-13-17-21-25-29-31-33-34-36-38-42-44-48-52-56-60-73(78)86-66-71(92-75(80)62-58-54-50-46-40-28-24-20-16-12-8-4)68-90-94(83,84)88-64-69(76)63-87-93(81,82)89-67-70(91-74(79)61-57-53-49-45-39-27-23-19-15-11-7-3)65-85-72(77)59-55-51-47-43-41-37-35-32-30-26-22-18-14-10-6-2/h9-10,13-14,19,21-23,25-26,31-33,35-36,38,41,43,69-71,76H,5-8,11-12,15-18,20,24,27-30,34,37,39-40,42,44-68H2,1-4H3,(H,81,82)(H,83,84)/b13-9-,14-10-,23-19-,25-21-,26-22-,33-31-,35-32-,38-36-,43-41-. The number of aliphatic hydroxyl groups excluding tert-OH is 1. The highest BCUT2D eigenvalue weighted by atomic mass is 31.2. The molecular weight excluding hydrogens is 1230 g/mol. The molecule has 17 nitrogen and oxygen atoms in total. The molecule has 0 saturated heterocycles. The summed E-state index contributed by atoms with van der Waals surface area (Å²) >= 11 is 0. The lowest BCUT2D eigenvalue weighted by Gasteiger charge is -2.21. The van der Waals surface area contributed by atoms with E-state index in [1.807, 2.05) is 0 Å². The van der Waals surface area contributed by atoms with Crippen molar-refractivity contribution in [3.05, 3.63) is 109 Å². The molecular formula is C75H128O17P2. The van der Waals surface area contributed by atoms with Gasteiger partial charge in [0.05, 0.1) is 26.4 Å². The first-order valence-corrected chi connectivity index (χ1v) is 39.1. The van der Waals surface area contributed by atoms with Crippen LogP contribution in [0.15, 0.2) is 109 Å². The van der Waals surface area contributed by atoms with Crippen molar-refractivity contribution in [2.24, 2.45) is 0 Å². The minimum atomic E-state index is -4.98. The highest BCUT2D eigenvalue weighted by Gasteiger charge is 2.30. The number of hydrogen-bond donors (Lipinski definition) is 3. The van der Waals surface area contributed by atoms with Crippen molar-refractivity contribution >= 4 is 39.5 Å². The van der Waals surface area contributed by atoms with E-state index in [0.717, 1.165) is 154 Å². The summed E-state index contributed by atoms with van der Waals surface area (Å²) in [5.74, 6) is -2.26. The number of allylic oxidation sites excluding steroid dienone is 18. The maximum Gasteiger partial charge on any atom is 0.472 e. The zero-order valence-corrected chi connectivity index (χ0v) is 60.4. The third-order valence-corrected chi connectivity index (χ3v) is 16.6. The average Bonchev–Trinajstić information content (AvgIpc) is 1.32. The molecule has 19 heteroatoms. The van der Waals surface area contributed by atoms with Crippen LogP contribution in [-0.2, 0) is 65.4 Å². The molecule has 0 bridgehead atoms. The molecule has 540 valence electrons. The Kier molecular flexibility index (Phi) is 64.2. The van der Waals surface area contributed by atoms with E-state index in [9.17, 15) is 43.2 Å². The summed E-state index contributed by atoms with van der Waals surface area (Å²) in [4.78, 5) is 72.6. The second-order valence-corrected chi connectivity index (χ2v) is 26.7. The number of aliphatic hydroxyl groups is 1. The zero-order valence-electron chi connectivity index (χ0n) is 58.6. The third kappa shape index (κ3) is 66.3. The van der Waals surface area contributed by atoms with Crippen LogP contribution in [0.2, 0.25) is 0 Å². The Morgan fingerprint density at radius 3 is 0.915 bits per heavy atom. The fraction of sp³-hybridized carbons (Fsp3) is 0.707. The SMILES string of the molecule is CC/C=C\C/C=C\C/C=C\C/C=C\CCCCCCC(=O)OCC(COP(=O)(O)OCC(O)COP(=O)(O)OCC(COC(=O)CCCC/C=C\C/C=C\C/C=C\C/C=C\CC)OC(=O)CCCCCCC/C=C\CCCC)OC(=O)CCCCCCCCCCCCC. The highest BCUT2D eigenvalue weighted by molar-refractivity contribution is 7.47. The number of rotatable bonds is 67. The average molecular weight is 1360 g/mol. The molecule has 0 amide bonds. The summed E-state index contributed by atoms with van der Waals surface area (Å²) in [7, 11) is -9.95.